The Labute approximate surface area is 198 Å². The highest BCUT2D eigenvalue weighted by molar-refractivity contribution is 5.99. The monoisotopic (exact) mass is 447 g/mol. The number of amides is 1. The molecule has 5 heteroatoms. The van der Waals surface area contributed by atoms with E-state index in [0.717, 1.165) is 51.1 Å². The molecule has 0 bridgehead atoms. The Kier molecular flexibility index (Phi) is 7.69. The van der Waals surface area contributed by atoms with Crippen molar-refractivity contribution in [3.05, 3.63) is 65.5 Å². The quantitative estimate of drug-likeness (QED) is 0.339. The molecule has 1 saturated heterocycles. The zero-order chi connectivity index (χ0) is 23.2. The normalized spacial score (nSPS) is 19.6. The molecule has 1 aromatic rings. The van der Waals surface area contributed by atoms with E-state index in [1.807, 2.05) is 12.2 Å². The molecule has 1 heterocycles. The van der Waals surface area contributed by atoms with E-state index in [1.165, 1.54) is 36.1 Å². The molecule has 2 fully saturated rings. The van der Waals surface area contributed by atoms with Gasteiger partial charge in [0.15, 0.2) is 0 Å². The van der Waals surface area contributed by atoms with Gasteiger partial charge >= 0.3 is 0 Å². The van der Waals surface area contributed by atoms with Crippen LogP contribution in [0.2, 0.25) is 0 Å². The second-order valence-corrected chi connectivity index (χ2v) is 9.64. The van der Waals surface area contributed by atoms with Crippen molar-refractivity contribution < 1.29 is 9.53 Å². The van der Waals surface area contributed by atoms with E-state index in [9.17, 15) is 4.79 Å². The highest BCUT2D eigenvalue weighted by Crippen LogP contribution is 2.29. The van der Waals surface area contributed by atoms with Crippen molar-refractivity contribution in [3.8, 4) is 5.75 Å². The number of aryl methyl sites for hydroxylation is 2. The largest absolute Gasteiger partial charge is 0.493 e. The van der Waals surface area contributed by atoms with Gasteiger partial charge in [-0.2, -0.15) is 0 Å². The lowest BCUT2D eigenvalue weighted by Crippen LogP contribution is -2.34. The van der Waals surface area contributed by atoms with Crippen molar-refractivity contribution in [2.45, 2.75) is 58.8 Å². The third kappa shape index (κ3) is 6.83. The van der Waals surface area contributed by atoms with E-state index in [2.05, 4.69) is 53.0 Å². The molecule has 3 aliphatic rings. The topological polar surface area (TPSA) is 53.9 Å². The zero-order valence-corrected chi connectivity index (χ0v) is 20.1. The molecule has 5 nitrogen and oxygen atoms in total. The number of hydrogen-bond acceptors (Lipinski definition) is 4. The number of carbonyl (C=O) groups excluding carboxylic acids is 1. The fraction of sp³-hybridized carbons (Fsp3) is 0.500. The summed E-state index contributed by atoms with van der Waals surface area (Å²) < 4.78 is 6.14. The van der Waals surface area contributed by atoms with E-state index in [1.54, 1.807) is 6.92 Å². The number of benzene rings is 1. The Morgan fingerprint density at radius 1 is 1.18 bits per heavy atom. The molecule has 1 N–H and O–H groups in total. The maximum Gasteiger partial charge on any atom is 0.228 e. The average Bonchev–Trinajstić information content (AvgIpc) is 3.55. The van der Waals surface area contributed by atoms with Crippen LogP contribution in [-0.4, -0.2) is 36.3 Å². The first-order chi connectivity index (χ1) is 16.0. The van der Waals surface area contributed by atoms with Crippen LogP contribution in [0, 0.1) is 11.8 Å². The summed E-state index contributed by atoms with van der Waals surface area (Å²) in [6.07, 6.45) is 13.9. The van der Waals surface area contributed by atoms with Crippen LogP contribution in [0.4, 0.5) is 0 Å². The number of aliphatic imine (C=N–C) groups is 1. The second kappa shape index (κ2) is 10.9. The Morgan fingerprint density at radius 3 is 2.70 bits per heavy atom. The van der Waals surface area contributed by atoms with E-state index >= 15 is 0 Å². The standard InChI is InChI=1S/C28H37N3O2/c1-20(29-22(3)30-28(32)25-10-11-25)6-4-7-21(2)31-16-14-23(15-17-31)19-33-27-13-12-24-8-5-9-26(24)18-27/h4,6-7,12-13,18,23,25H,1,5,8-11,14-17,19H2,2-3H3,(H,29,30,32)/b6-4-,21-7?. The van der Waals surface area contributed by atoms with Crippen molar-refractivity contribution in [3.63, 3.8) is 0 Å². The van der Waals surface area contributed by atoms with Crippen molar-refractivity contribution in [2.24, 2.45) is 16.8 Å². The van der Waals surface area contributed by atoms with Crippen LogP contribution in [-0.2, 0) is 17.6 Å². The number of fused-ring (bicyclic) bond motifs is 1. The van der Waals surface area contributed by atoms with Gasteiger partial charge in [0.25, 0.3) is 0 Å². The van der Waals surface area contributed by atoms with Gasteiger partial charge in [-0.3, -0.25) is 4.79 Å². The summed E-state index contributed by atoms with van der Waals surface area (Å²) in [5, 5.41) is 2.84. The first kappa shape index (κ1) is 23.3. The van der Waals surface area contributed by atoms with Crippen LogP contribution >= 0.6 is 0 Å². The first-order valence-electron chi connectivity index (χ1n) is 12.4. The summed E-state index contributed by atoms with van der Waals surface area (Å²) in [6, 6.07) is 6.63. The summed E-state index contributed by atoms with van der Waals surface area (Å²) in [5.41, 5.74) is 4.86. The van der Waals surface area contributed by atoms with Crippen LogP contribution in [0.3, 0.4) is 0 Å². The predicted octanol–water partition coefficient (Wildman–Crippen LogP) is 5.18. The number of amidine groups is 1. The highest BCUT2D eigenvalue weighted by Gasteiger charge is 2.29. The number of rotatable bonds is 8. The Balaban J connectivity index is 1.18. The lowest BCUT2D eigenvalue weighted by molar-refractivity contribution is -0.120. The van der Waals surface area contributed by atoms with Gasteiger partial charge in [0, 0.05) is 24.7 Å². The van der Waals surface area contributed by atoms with E-state index in [-0.39, 0.29) is 11.8 Å². The van der Waals surface area contributed by atoms with Gasteiger partial charge in [-0.15, -0.1) is 0 Å². The molecule has 0 aromatic heterocycles. The van der Waals surface area contributed by atoms with Crippen molar-refractivity contribution >= 4 is 11.7 Å². The van der Waals surface area contributed by atoms with Gasteiger partial charge in [0.05, 0.1) is 12.3 Å². The molecule has 4 rings (SSSR count). The van der Waals surface area contributed by atoms with Crippen LogP contribution in [0.1, 0.15) is 57.1 Å². The summed E-state index contributed by atoms with van der Waals surface area (Å²) in [6.45, 7) is 10.8. The van der Waals surface area contributed by atoms with E-state index in [0.29, 0.717) is 17.5 Å². The summed E-state index contributed by atoms with van der Waals surface area (Å²) in [5.74, 6) is 2.50. The van der Waals surface area contributed by atoms with Gasteiger partial charge in [-0.1, -0.05) is 18.7 Å². The van der Waals surface area contributed by atoms with Crippen LogP contribution in [0.25, 0.3) is 0 Å². The van der Waals surface area contributed by atoms with Crippen molar-refractivity contribution in [1.29, 1.82) is 0 Å². The van der Waals surface area contributed by atoms with Crippen LogP contribution in [0.5, 0.6) is 5.75 Å². The summed E-state index contributed by atoms with van der Waals surface area (Å²) in [7, 11) is 0. The Hall–Kier alpha value is -2.82. The maximum atomic E-state index is 11.8. The maximum absolute atomic E-state index is 11.8. The molecule has 0 radical (unpaired) electrons. The minimum atomic E-state index is 0.0739. The Morgan fingerprint density at radius 2 is 1.94 bits per heavy atom. The second-order valence-electron chi connectivity index (χ2n) is 9.64. The molecule has 0 atom stereocenters. The van der Waals surface area contributed by atoms with Gasteiger partial charge < -0.3 is 15.0 Å². The Bertz CT molecular complexity index is 963. The average molecular weight is 448 g/mol. The fourth-order valence-electron chi connectivity index (χ4n) is 4.61. The number of likely N-dealkylation sites (tertiary alicyclic amines) is 1. The molecule has 1 aliphatic heterocycles. The summed E-state index contributed by atoms with van der Waals surface area (Å²) >= 11 is 0. The van der Waals surface area contributed by atoms with Crippen LogP contribution < -0.4 is 10.1 Å². The number of nitrogens with zero attached hydrogens (tertiary/aromatic N) is 2. The molecule has 1 aromatic carbocycles. The first-order valence-corrected chi connectivity index (χ1v) is 12.4. The van der Waals surface area contributed by atoms with Gasteiger partial charge in [-0.05, 0) is 100 Å². The molecule has 1 amide bonds. The third-order valence-electron chi connectivity index (χ3n) is 6.86. The van der Waals surface area contributed by atoms with Gasteiger partial charge in [0.2, 0.25) is 5.91 Å². The molecular weight excluding hydrogens is 410 g/mol. The smallest absolute Gasteiger partial charge is 0.228 e. The highest BCUT2D eigenvalue weighted by atomic mass is 16.5. The zero-order valence-electron chi connectivity index (χ0n) is 20.1. The number of allylic oxidation sites excluding steroid dienone is 4. The predicted molar refractivity (Wildman–Crippen MR) is 134 cm³/mol. The van der Waals surface area contributed by atoms with Gasteiger partial charge in [-0.25, -0.2) is 4.99 Å². The molecule has 176 valence electrons. The molecule has 0 spiro atoms. The molecule has 0 unspecified atom stereocenters. The van der Waals surface area contributed by atoms with Gasteiger partial charge in [0.1, 0.15) is 11.6 Å². The number of hydrogen-bond donors (Lipinski definition) is 1. The number of piperidine rings is 1. The van der Waals surface area contributed by atoms with Crippen molar-refractivity contribution in [2.75, 3.05) is 19.7 Å². The fourth-order valence-corrected chi connectivity index (χ4v) is 4.61. The van der Waals surface area contributed by atoms with Crippen molar-refractivity contribution in [1.82, 2.24) is 10.2 Å². The van der Waals surface area contributed by atoms with Crippen LogP contribution in [0.15, 0.2) is 59.4 Å². The lowest BCUT2D eigenvalue weighted by atomic mass is 9.97. The molecule has 1 saturated carbocycles. The lowest BCUT2D eigenvalue weighted by Gasteiger charge is -2.34. The molecule has 33 heavy (non-hydrogen) atoms. The third-order valence-corrected chi connectivity index (χ3v) is 6.86. The minimum absolute atomic E-state index is 0.0739. The molecular formula is C28H37N3O2. The number of nitrogens with one attached hydrogen (secondary N) is 1. The van der Waals surface area contributed by atoms with E-state index < -0.39 is 0 Å². The minimum Gasteiger partial charge on any atom is -0.493 e. The molecule has 2 aliphatic carbocycles. The summed E-state index contributed by atoms with van der Waals surface area (Å²) in [4.78, 5) is 18.6. The number of ether oxygens (including phenoxy) is 1. The SMILES string of the molecule is C=C(/C=C\C=C(C)N1CCC(COc2ccc3c(c2)CCC3)CC1)N=C(C)NC(=O)C1CC1. The van der Waals surface area contributed by atoms with E-state index in [4.69, 9.17) is 4.74 Å². The number of carbonyl (C=O) groups is 1.